The fourth-order valence-electron chi connectivity index (χ4n) is 4.44. The number of rotatable bonds is 9. The molecule has 0 bridgehead atoms. The van der Waals surface area contributed by atoms with E-state index in [2.05, 4.69) is 48.3 Å². The molecule has 2 aromatic carbocycles. The van der Waals surface area contributed by atoms with Gasteiger partial charge in [-0.1, -0.05) is 50.2 Å². The van der Waals surface area contributed by atoms with E-state index in [0.717, 1.165) is 19.5 Å². The lowest BCUT2D eigenvalue weighted by molar-refractivity contribution is 0.0694. The monoisotopic (exact) mass is 410 g/mol. The van der Waals surface area contributed by atoms with Gasteiger partial charge in [-0.2, -0.15) is 0 Å². The molecule has 0 saturated carbocycles. The minimum absolute atomic E-state index is 0.0159. The van der Waals surface area contributed by atoms with Gasteiger partial charge in [0, 0.05) is 24.8 Å². The third kappa shape index (κ3) is 5.41. The summed E-state index contributed by atoms with van der Waals surface area (Å²) in [6.45, 7) is 6.35. The minimum atomic E-state index is -0.972. The van der Waals surface area contributed by atoms with Crippen LogP contribution in [0.1, 0.15) is 73.1 Å². The Morgan fingerprint density at radius 3 is 2.23 bits per heavy atom. The van der Waals surface area contributed by atoms with Crippen LogP contribution < -0.4 is 10.2 Å². The van der Waals surface area contributed by atoms with Crippen LogP contribution in [0.3, 0.4) is 0 Å². The summed E-state index contributed by atoms with van der Waals surface area (Å²) in [6, 6.07) is 15.0. The van der Waals surface area contributed by atoms with Crippen molar-refractivity contribution < 1.29 is 15.0 Å². The summed E-state index contributed by atoms with van der Waals surface area (Å²) in [5.41, 5.74) is 3.33. The molecule has 1 heterocycles. The fourth-order valence-corrected chi connectivity index (χ4v) is 4.44. The van der Waals surface area contributed by atoms with Gasteiger partial charge in [-0.15, -0.1) is 0 Å². The summed E-state index contributed by atoms with van der Waals surface area (Å²) >= 11 is 0. The Kier molecular flexibility index (Phi) is 7.88. The number of carboxylic acid groups (broad SMARTS) is 1. The quantitative estimate of drug-likeness (QED) is 0.555. The molecular weight excluding hydrogens is 376 g/mol. The topological polar surface area (TPSA) is 72.8 Å². The lowest BCUT2D eigenvalue weighted by atomic mass is 9.92. The maximum absolute atomic E-state index is 11.7. The number of para-hydroxylation sites is 1. The van der Waals surface area contributed by atoms with E-state index >= 15 is 0 Å². The second kappa shape index (κ2) is 10.6. The summed E-state index contributed by atoms with van der Waals surface area (Å²) in [7, 11) is 0. The van der Waals surface area contributed by atoms with Gasteiger partial charge in [0.25, 0.3) is 0 Å². The van der Waals surface area contributed by atoms with Crippen molar-refractivity contribution in [3.05, 3.63) is 65.2 Å². The van der Waals surface area contributed by atoms with E-state index in [-0.39, 0.29) is 18.2 Å². The molecule has 3 N–H and O–H groups in total. The number of nitrogens with one attached hydrogen (secondary N) is 1. The van der Waals surface area contributed by atoms with Gasteiger partial charge in [-0.25, -0.2) is 4.79 Å². The van der Waals surface area contributed by atoms with Crippen LogP contribution in [-0.4, -0.2) is 35.9 Å². The van der Waals surface area contributed by atoms with Gasteiger partial charge in [0.1, 0.15) is 0 Å². The molecule has 162 valence electrons. The predicted octanol–water partition coefficient (Wildman–Crippen LogP) is 4.79. The first-order chi connectivity index (χ1) is 14.5. The minimum Gasteiger partial charge on any atom is -0.478 e. The van der Waals surface area contributed by atoms with Gasteiger partial charge in [0.15, 0.2) is 0 Å². The number of aliphatic hydroxyl groups is 1. The van der Waals surface area contributed by atoms with Gasteiger partial charge < -0.3 is 20.4 Å². The van der Waals surface area contributed by atoms with E-state index in [1.165, 1.54) is 30.5 Å². The van der Waals surface area contributed by atoms with Crippen molar-refractivity contribution in [3.63, 3.8) is 0 Å². The molecule has 2 aromatic rings. The SMILES string of the molecule is CC(C)CC(NC(CO)c1ccccc1C(=O)O)c1ccccc1N1CCCCC1. The summed E-state index contributed by atoms with van der Waals surface area (Å²) < 4.78 is 0. The van der Waals surface area contributed by atoms with Gasteiger partial charge >= 0.3 is 5.97 Å². The molecule has 2 unspecified atom stereocenters. The second-order valence-electron chi connectivity index (χ2n) is 8.58. The van der Waals surface area contributed by atoms with Crippen LogP contribution in [0, 0.1) is 5.92 Å². The molecule has 5 nitrogen and oxygen atoms in total. The molecule has 5 heteroatoms. The Bertz CT molecular complexity index is 831. The van der Waals surface area contributed by atoms with Crippen molar-refractivity contribution in [2.75, 3.05) is 24.6 Å². The summed E-state index contributed by atoms with van der Waals surface area (Å²) in [6.07, 6.45) is 4.60. The normalized spacial score (nSPS) is 16.5. The first-order valence-corrected chi connectivity index (χ1v) is 11.0. The molecule has 0 radical (unpaired) electrons. The van der Waals surface area contributed by atoms with Crippen LogP contribution in [0.2, 0.25) is 0 Å². The van der Waals surface area contributed by atoms with Crippen LogP contribution in [0.25, 0.3) is 0 Å². The Labute approximate surface area is 179 Å². The molecule has 3 rings (SSSR count). The van der Waals surface area contributed by atoms with E-state index in [4.69, 9.17) is 0 Å². The second-order valence-corrected chi connectivity index (χ2v) is 8.58. The summed E-state index contributed by atoms with van der Waals surface area (Å²) in [4.78, 5) is 14.2. The van der Waals surface area contributed by atoms with Crippen LogP contribution in [0.4, 0.5) is 5.69 Å². The lowest BCUT2D eigenvalue weighted by Crippen LogP contribution is -2.34. The smallest absolute Gasteiger partial charge is 0.336 e. The molecule has 1 saturated heterocycles. The van der Waals surface area contributed by atoms with Gasteiger partial charge in [-0.3, -0.25) is 0 Å². The van der Waals surface area contributed by atoms with E-state index in [1.54, 1.807) is 18.2 Å². The largest absolute Gasteiger partial charge is 0.478 e. The number of hydrogen-bond acceptors (Lipinski definition) is 4. The van der Waals surface area contributed by atoms with Crippen LogP contribution in [-0.2, 0) is 0 Å². The van der Waals surface area contributed by atoms with Crippen molar-refractivity contribution in [1.29, 1.82) is 0 Å². The van der Waals surface area contributed by atoms with E-state index in [1.807, 2.05) is 6.07 Å². The Morgan fingerprint density at radius 2 is 1.60 bits per heavy atom. The zero-order valence-corrected chi connectivity index (χ0v) is 18.1. The number of carbonyl (C=O) groups is 1. The van der Waals surface area contributed by atoms with Crippen molar-refractivity contribution >= 4 is 11.7 Å². The molecule has 1 aliphatic rings. The fraction of sp³-hybridized carbons (Fsp3) is 0.480. The highest BCUT2D eigenvalue weighted by molar-refractivity contribution is 5.89. The highest BCUT2D eigenvalue weighted by Gasteiger charge is 2.25. The standard InChI is InChI=1S/C25H34N2O3/c1-18(2)16-22(21-12-6-7-13-24(21)27-14-8-3-9-15-27)26-23(17-28)19-10-4-5-11-20(19)25(29)30/h4-7,10-13,18,22-23,26,28H,3,8-9,14-17H2,1-2H3,(H,29,30). The number of hydrogen-bond donors (Lipinski definition) is 3. The average molecular weight is 411 g/mol. The molecule has 1 fully saturated rings. The van der Waals surface area contributed by atoms with E-state index in [0.29, 0.717) is 11.5 Å². The number of anilines is 1. The zero-order chi connectivity index (χ0) is 21.5. The predicted molar refractivity (Wildman–Crippen MR) is 121 cm³/mol. The van der Waals surface area contributed by atoms with Crippen molar-refractivity contribution in [1.82, 2.24) is 5.32 Å². The Balaban J connectivity index is 1.95. The molecule has 0 aliphatic carbocycles. The van der Waals surface area contributed by atoms with E-state index in [9.17, 15) is 15.0 Å². The van der Waals surface area contributed by atoms with Crippen LogP contribution >= 0.6 is 0 Å². The molecule has 30 heavy (non-hydrogen) atoms. The van der Waals surface area contributed by atoms with Gasteiger partial charge in [-0.05, 0) is 54.9 Å². The number of aliphatic hydroxyl groups excluding tert-OH is 1. The van der Waals surface area contributed by atoms with E-state index < -0.39 is 12.0 Å². The van der Waals surface area contributed by atoms with Crippen LogP contribution in [0.15, 0.2) is 48.5 Å². The highest BCUT2D eigenvalue weighted by atomic mass is 16.4. The number of piperidine rings is 1. The van der Waals surface area contributed by atoms with Crippen LogP contribution in [0.5, 0.6) is 0 Å². The third-order valence-electron chi connectivity index (χ3n) is 5.87. The molecular formula is C25H34N2O3. The molecule has 0 spiro atoms. The van der Waals surface area contributed by atoms with Gasteiger partial charge in [0.05, 0.1) is 18.2 Å². The molecule has 0 aromatic heterocycles. The number of benzene rings is 2. The van der Waals surface area contributed by atoms with Gasteiger partial charge in [0.2, 0.25) is 0 Å². The average Bonchev–Trinajstić information content (AvgIpc) is 2.77. The summed E-state index contributed by atoms with van der Waals surface area (Å²) in [5.74, 6) is -0.522. The Morgan fingerprint density at radius 1 is 0.967 bits per heavy atom. The molecule has 2 atom stereocenters. The summed E-state index contributed by atoms with van der Waals surface area (Å²) in [5, 5.41) is 23.4. The number of aromatic carboxylic acids is 1. The van der Waals surface area contributed by atoms with Crippen molar-refractivity contribution in [2.24, 2.45) is 5.92 Å². The molecule has 0 amide bonds. The third-order valence-corrected chi connectivity index (χ3v) is 5.87. The maximum Gasteiger partial charge on any atom is 0.336 e. The van der Waals surface area contributed by atoms with Crippen molar-refractivity contribution in [3.8, 4) is 0 Å². The number of nitrogens with zero attached hydrogens (tertiary/aromatic N) is 1. The zero-order valence-electron chi connectivity index (χ0n) is 18.1. The number of carboxylic acids is 1. The Hall–Kier alpha value is -2.37. The lowest BCUT2D eigenvalue weighted by Gasteiger charge is -2.34. The first-order valence-electron chi connectivity index (χ1n) is 11.0. The molecule has 1 aliphatic heterocycles. The maximum atomic E-state index is 11.7. The first kappa shape index (κ1) is 22.3. The van der Waals surface area contributed by atoms with Crippen molar-refractivity contribution in [2.45, 2.75) is 51.6 Å². The highest BCUT2D eigenvalue weighted by Crippen LogP contribution is 2.34.